The molecule has 18 heavy (non-hydrogen) atoms. The van der Waals surface area contributed by atoms with E-state index in [9.17, 15) is 0 Å². The summed E-state index contributed by atoms with van der Waals surface area (Å²) in [5.41, 5.74) is 1.81. The summed E-state index contributed by atoms with van der Waals surface area (Å²) in [4.78, 5) is 2.28. The highest BCUT2D eigenvalue weighted by atomic mass is 16.5. The average Bonchev–Trinajstić information content (AvgIpc) is 2.41. The summed E-state index contributed by atoms with van der Waals surface area (Å²) in [7, 11) is 0. The molecule has 0 bridgehead atoms. The van der Waals surface area contributed by atoms with E-state index in [1.807, 2.05) is 24.3 Å². The Labute approximate surface area is 107 Å². The van der Waals surface area contributed by atoms with E-state index in [4.69, 9.17) is 15.1 Å². The lowest BCUT2D eigenvalue weighted by atomic mass is 10.1. The van der Waals surface area contributed by atoms with Crippen LogP contribution in [0.4, 0.5) is 0 Å². The van der Waals surface area contributed by atoms with Gasteiger partial charge in [-0.15, -0.1) is 0 Å². The number of rotatable bonds is 3. The molecule has 0 amide bonds. The molecule has 1 aliphatic rings. The molecule has 0 aliphatic carbocycles. The van der Waals surface area contributed by atoms with E-state index in [-0.39, 0.29) is 12.7 Å². The van der Waals surface area contributed by atoms with E-state index < -0.39 is 0 Å². The van der Waals surface area contributed by atoms with Crippen LogP contribution >= 0.6 is 0 Å². The highest BCUT2D eigenvalue weighted by Crippen LogP contribution is 2.16. The average molecular weight is 246 g/mol. The van der Waals surface area contributed by atoms with Gasteiger partial charge in [0.05, 0.1) is 31.0 Å². The summed E-state index contributed by atoms with van der Waals surface area (Å²) in [6.07, 6.45) is -0.0969. The monoisotopic (exact) mass is 246 g/mol. The molecule has 1 aromatic rings. The molecular formula is C14H18N2O2. The van der Waals surface area contributed by atoms with E-state index in [0.717, 1.165) is 18.7 Å². The van der Waals surface area contributed by atoms with Crippen molar-refractivity contribution in [3.05, 3.63) is 35.4 Å². The normalized spacial score (nSPS) is 24.7. The fraction of sp³-hybridized carbons (Fsp3) is 0.500. The van der Waals surface area contributed by atoms with Crippen LogP contribution in [0.15, 0.2) is 24.3 Å². The van der Waals surface area contributed by atoms with Gasteiger partial charge in [-0.2, -0.15) is 5.26 Å². The Morgan fingerprint density at radius 3 is 3.11 bits per heavy atom. The van der Waals surface area contributed by atoms with Crippen molar-refractivity contribution in [1.82, 2.24) is 4.90 Å². The maximum atomic E-state index is 9.15. The molecule has 1 heterocycles. The Morgan fingerprint density at radius 1 is 1.56 bits per heavy atom. The molecule has 0 aromatic heterocycles. The van der Waals surface area contributed by atoms with Crippen molar-refractivity contribution in [1.29, 1.82) is 5.26 Å². The van der Waals surface area contributed by atoms with Gasteiger partial charge in [-0.25, -0.2) is 0 Å². The van der Waals surface area contributed by atoms with Crippen LogP contribution in [0.25, 0.3) is 0 Å². The number of hydrogen-bond acceptors (Lipinski definition) is 4. The first-order valence-corrected chi connectivity index (χ1v) is 6.18. The van der Waals surface area contributed by atoms with E-state index in [1.54, 1.807) is 0 Å². The van der Waals surface area contributed by atoms with Gasteiger partial charge >= 0.3 is 0 Å². The fourth-order valence-electron chi connectivity index (χ4n) is 2.18. The van der Waals surface area contributed by atoms with Gasteiger partial charge in [0, 0.05) is 19.1 Å². The number of nitrogens with zero attached hydrogens (tertiary/aromatic N) is 2. The third-order valence-electron chi connectivity index (χ3n) is 3.28. The molecule has 0 spiro atoms. The first kappa shape index (κ1) is 13.0. The summed E-state index contributed by atoms with van der Waals surface area (Å²) in [5, 5.41) is 18.0. The van der Waals surface area contributed by atoms with Crippen molar-refractivity contribution in [3.63, 3.8) is 0 Å². The topological polar surface area (TPSA) is 56.5 Å². The number of aliphatic hydroxyl groups excluding tert-OH is 1. The molecule has 1 N–H and O–H groups in total. The lowest BCUT2D eigenvalue weighted by molar-refractivity contribution is -0.0805. The zero-order chi connectivity index (χ0) is 13.0. The van der Waals surface area contributed by atoms with Crippen LogP contribution in [-0.2, 0) is 11.3 Å². The number of morpholine rings is 1. The fourth-order valence-corrected chi connectivity index (χ4v) is 2.18. The third kappa shape index (κ3) is 3.08. The highest BCUT2D eigenvalue weighted by molar-refractivity contribution is 5.32. The van der Waals surface area contributed by atoms with Crippen LogP contribution < -0.4 is 0 Å². The summed E-state index contributed by atoms with van der Waals surface area (Å²) in [6, 6.07) is 10.1. The molecule has 2 atom stereocenters. The Hall–Kier alpha value is -1.41. The van der Waals surface area contributed by atoms with Gasteiger partial charge in [0.2, 0.25) is 0 Å². The highest BCUT2D eigenvalue weighted by Gasteiger charge is 2.25. The van der Waals surface area contributed by atoms with E-state index >= 15 is 0 Å². The zero-order valence-corrected chi connectivity index (χ0v) is 10.5. The molecule has 4 nitrogen and oxygen atoms in total. The van der Waals surface area contributed by atoms with Crippen molar-refractivity contribution < 1.29 is 9.84 Å². The number of nitriles is 1. The van der Waals surface area contributed by atoms with Crippen molar-refractivity contribution in [3.8, 4) is 6.07 Å². The van der Waals surface area contributed by atoms with E-state index in [2.05, 4.69) is 17.9 Å². The van der Waals surface area contributed by atoms with Crippen LogP contribution in [-0.4, -0.2) is 41.9 Å². The smallest absolute Gasteiger partial charge is 0.0991 e. The second-order valence-electron chi connectivity index (χ2n) is 4.73. The van der Waals surface area contributed by atoms with E-state index in [0.29, 0.717) is 18.2 Å². The molecule has 1 fully saturated rings. The predicted octanol–water partition coefficient (Wildman–Crippen LogP) is 1.14. The van der Waals surface area contributed by atoms with Crippen LogP contribution in [0, 0.1) is 11.3 Å². The second kappa shape index (κ2) is 5.96. The number of benzene rings is 1. The number of hydrogen-bond donors (Lipinski definition) is 1. The van der Waals surface area contributed by atoms with Crippen molar-refractivity contribution >= 4 is 0 Å². The molecule has 0 saturated carbocycles. The summed E-state index contributed by atoms with van der Waals surface area (Å²) in [6.45, 7) is 4.33. The molecular weight excluding hydrogens is 228 g/mol. The van der Waals surface area contributed by atoms with Gasteiger partial charge in [0.25, 0.3) is 0 Å². The standard InChI is InChI=1S/C14H18N2O2/c1-11-10-18-14(9-17)8-16(11)7-13-4-2-3-12(5-13)6-15/h2-5,11,14,17H,7-10H2,1H3. The summed E-state index contributed by atoms with van der Waals surface area (Å²) < 4.78 is 5.51. The maximum absolute atomic E-state index is 9.15. The lowest BCUT2D eigenvalue weighted by Crippen LogP contribution is -2.48. The van der Waals surface area contributed by atoms with Gasteiger partial charge in [0.1, 0.15) is 0 Å². The number of ether oxygens (including phenoxy) is 1. The minimum atomic E-state index is -0.0969. The van der Waals surface area contributed by atoms with Gasteiger partial charge < -0.3 is 9.84 Å². The first-order valence-electron chi connectivity index (χ1n) is 6.18. The van der Waals surface area contributed by atoms with Crippen molar-refractivity contribution in [2.75, 3.05) is 19.8 Å². The van der Waals surface area contributed by atoms with Crippen molar-refractivity contribution in [2.45, 2.75) is 25.6 Å². The minimum Gasteiger partial charge on any atom is -0.394 e. The molecule has 1 aliphatic heterocycles. The molecule has 4 heteroatoms. The lowest BCUT2D eigenvalue weighted by Gasteiger charge is -2.37. The number of aliphatic hydroxyl groups is 1. The quantitative estimate of drug-likeness (QED) is 0.869. The van der Waals surface area contributed by atoms with Gasteiger partial charge in [-0.05, 0) is 24.6 Å². The molecule has 2 unspecified atom stereocenters. The van der Waals surface area contributed by atoms with Crippen LogP contribution in [0.1, 0.15) is 18.1 Å². The third-order valence-corrected chi connectivity index (χ3v) is 3.28. The van der Waals surface area contributed by atoms with Gasteiger partial charge in [-0.1, -0.05) is 12.1 Å². The molecule has 1 saturated heterocycles. The molecule has 0 radical (unpaired) electrons. The zero-order valence-electron chi connectivity index (χ0n) is 10.5. The van der Waals surface area contributed by atoms with Gasteiger partial charge in [-0.3, -0.25) is 4.90 Å². The van der Waals surface area contributed by atoms with Crippen LogP contribution in [0.5, 0.6) is 0 Å². The Balaban J connectivity index is 2.05. The Kier molecular flexibility index (Phi) is 4.32. The second-order valence-corrected chi connectivity index (χ2v) is 4.73. The Morgan fingerprint density at radius 2 is 2.39 bits per heavy atom. The van der Waals surface area contributed by atoms with Crippen molar-refractivity contribution in [2.24, 2.45) is 0 Å². The summed E-state index contributed by atoms with van der Waals surface area (Å²) >= 11 is 0. The SMILES string of the molecule is CC1COC(CO)CN1Cc1cccc(C#N)c1. The summed E-state index contributed by atoms with van der Waals surface area (Å²) in [5.74, 6) is 0. The van der Waals surface area contributed by atoms with Gasteiger partial charge in [0.15, 0.2) is 0 Å². The van der Waals surface area contributed by atoms with E-state index in [1.165, 1.54) is 0 Å². The maximum Gasteiger partial charge on any atom is 0.0991 e. The van der Waals surface area contributed by atoms with Crippen LogP contribution in [0.3, 0.4) is 0 Å². The van der Waals surface area contributed by atoms with Crippen LogP contribution in [0.2, 0.25) is 0 Å². The predicted molar refractivity (Wildman–Crippen MR) is 67.9 cm³/mol. The molecule has 96 valence electrons. The largest absolute Gasteiger partial charge is 0.394 e. The minimum absolute atomic E-state index is 0.0570. The molecule has 2 rings (SSSR count). The first-order chi connectivity index (χ1) is 8.72. The molecule has 1 aromatic carbocycles. The Bertz CT molecular complexity index is 442.